The van der Waals surface area contributed by atoms with Gasteiger partial charge in [0.15, 0.2) is 0 Å². The number of alkyl halides is 3. The second-order valence-corrected chi connectivity index (χ2v) is 6.47. The molecule has 0 aliphatic rings. The number of carbonyl (C=O) groups excluding carboxylic acids is 1. The van der Waals surface area contributed by atoms with E-state index < -0.39 is 23.8 Å². The Labute approximate surface area is 166 Å². The number of aryl methyl sites for hydroxylation is 1. The monoisotopic (exact) mass is 411 g/mol. The number of urea groups is 1. The molecule has 1 heterocycles. The maximum absolute atomic E-state index is 12.9. The molecular weight excluding hydrogens is 387 g/mol. The SMILES string of the molecule is COCC(NC(=O)NCCCCn1ccccc1=O)c1cccc(C(F)(F)F)c1. The summed E-state index contributed by atoms with van der Waals surface area (Å²) in [6, 6.07) is 8.50. The first-order valence-electron chi connectivity index (χ1n) is 9.17. The van der Waals surface area contributed by atoms with Gasteiger partial charge in [-0.3, -0.25) is 4.79 Å². The molecule has 0 spiro atoms. The molecule has 29 heavy (non-hydrogen) atoms. The minimum absolute atomic E-state index is 0.0334. The molecular formula is C20H24F3N3O3. The molecule has 1 aromatic carbocycles. The summed E-state index contributed by atoms with van der Waals surface area (Å²) in [5, 5.41) is 5.30. The third kappa shape index (κ3) is 7.26. The number of nitrogens with one attached hydrogen (secondary N) is 2. The summed E-state index contributed by atoms with van der Waals surface area (Å²) >= 11 is 0. The molecule has 2 amide bonds. The number of methoxy groups -OCH3 is 1. The zero-order valence-corrected chi connectivity index (χ0v) is 16.0. The highest BCUT2D eigenvalue weighted by atomic mass is 19.4. The Morgan fingerprint density at radius 1 is 1.17 bits per heavy atom. The van der Waals surface area contributed by atoms with Crippen molar-refractivity contribution >= 4 is 6.03 Å². The molecule has 6 nitrogen and oxygen atoms in total. The summed E-state index contributed by atoms with van der Waals surface area (Å²) in [6.07, 6.45) is -1.42. The summed E-state index contributed by atoms with van der Waals surface area (Å²) in [5.41, 5.74) is -0.559. The van der Waals surface area contributed by atoms with Crippen LogP contribution in [0.5, 0.6) is 0 Å². The smallest absolute Gasteiger partial charge is 0.382 e. The van der Waals surface area contributed by atoms with Gasteiger partial charge in [0.05, 0.1) is 18.2 Å². The third-order valence-electron chi connectivity index (χ3n) is 4.27. The Morgan fingerprint density at radius 3 is 2.66 bits per heavy atom. The van der Waals surface area contributed by atoms with Crippen LogP contribution in [0.2, 0.25) is 0 Å². The van der Waals surface area contributed by atoms with Crippen LogP contribution in [0, 0.1) is 0 Å². The second-order valence-electron chi connectivity index (χ2n) is 6.47. The van der Waals surface area contributed by atoms with Gasteiger partial charge in [-0.05, 0) is 36.6 Å². The van der Waals surface area contributed by atoms with E-state index in [4.69, 9.17) is 4.74 Å². The van der Waals surface area contributed by atoms with Crippen LogP contribution >= 0.6 is 0 Å². The number of pyridine rings is 1. The van der Waals surface area contributed by atoms with E-state index in [2.05, 4.69) is 10.6 Å². The topological polar surface area (TPSA) is 72.4 Å². The fourth-order valence-electron chi connectivity index (χ4n) is 2.78. The maximum atomic E-state index is 12.9. The fraction of sp³-hybridized carbons (Fsp3) is 0.400. The molecule has 0 radical (unpaired) electrons. The molecule has 158 valence electrons. The third-order valence-corrected chi connectivity index (χ3v) is 4.27. The van der Waals surface area contributed by atoms with E-state index in [0.717, 1.165) is 12.1 Å². The van der Waals surface area contributed by atoms with Crippen molar-refractivity contribution in [3.8, 4) is 0 Å². The van der Waals surface area contributed by atoms with Crippen molar-refractivity contribution in [1.29, 1.82) is 0 Å². The first kappa shape index (κ1) is 22.5. The van der Waals surface area contributed by atoms with Crippen molar-refractivity contribution < 1.29 is 22.7 Å². The van der Waals surface area contributed by atoms with Crippen LogP contribution in [0.4, 0.5) is 18.0 Å². The molecule has 0 saturated carbocycles. The van der Waals surface area contributed by atoms with Gasteiger partial charge in [0.2, 0.25) is 5.56 Å². The molecule has 0 fully saturated rings. The van der Waals surface area contributed by atoms with Crippen LogP contribution in [0.25, 0.3) is 0 Å². The first-order valence-corrected chi connectivity index (χ1v) is 9.17. The van der Waals surface area contributed by atoms with E-state index in [1.165, 1.54) is 25.3 Å². The summed E-state index contributed by atoms with van der Waals surface area (Å²) in [6.45, 7) is 0.945. The molecule has 2 rings (SSSR count). The highest BCUT2D eigenvalue weighted by molar-refractivity contribution is 5.74. The van der Waals surface area contributed by atoms with E-state index >= 15 is 0 Å². The molecule has 0 saturated heterocycles. The highest BCUT2D eigenvalue weighted by Gasteiger charge is 2.31. The van der Waals surface area contributed by atoms with E-state index in [1.54, 1.807) is 22.9 Å². The maximum Gasteiger partial charge on any atom is 0.416 e. The molecule has 9 heteroatoms. The number of carbonyl (C=O) groups is 1. The van der Waals surface area contributed by atoms with Gasteiger partial charge in [-0.1, -0.05) is 18.2 Å². The average Bonchev–Trinajstić information content (AvgIpc) is 2.68. The van der Waals surface area contributed by atoms with E-state index in [1.807, 2.05) is 0 Å². The summed E-state index contributed by atoms with van der Waals surface area (Å²) < 4.78 is 45.4. The minimum atomic E-state index is -4.46. The lowest BCUT2D eigenvalue weighted by atomic mass is 10.0. The highest BCUT2D eigenvalue weighted by Crippen LogP contribution is 2.30. The number of rotatable bonds is 9. The lowest BCUT2D eigenvalue weighted by Crippen LogP contribution is -2.40. The molecule has 1 atom stereocenters. The fourth-order valence-corrected chi connectivity index (χ4v) is 2.78. The Hall–Kier alpha value is -2.81. The van der Waals surface area contributed by atoms with Crippen LogP contribution in [0.15, 0.2) is 53.5 Å². The summed E-state index contributed by atoms with van der Waals surface area (Å²) in [7, 11) is 1.41. The van der Waals surface area contributed by atoms with E-state index in [0.29, 0.717) is 31.5 Å². The van der Waals surface area contributed by atoms with Crippen molar-refractivity contribution in [2.45, 2.75) is 31.6 Å². The molecule has 0 bridgehead atoms. The number of halogens is 3. The van der Waals surface area contributed by atoms with Gasteiger partial charge in [-0.25, -0.2) is 4.79 Å². The van der Waals surface area contributed by atoms with Crippen molar-refractivity contribution in [3.05, 3.63) is 70.1 Å². The normalized spacial score (nSPS) is 12.4. The van der Waals surface area contributed by atoms with Crippen LogP contribution in [-0.2, 0) is 17.5 Å². The van der Waals surface area contributed by atoms with E-state index in [9.17, 15) is 22.8 Å². The number of ether oxygens (including phenoxy) is 1. The first-order chi connectivity index (χ1) is 13.8. The Morgan fingerprint density at radius 2 is 1.97 bits per heavy atom. The minimum Gasteiger partial charge on any atom is -0.382 e. The molecule has 1 aromatic heterocycles. The van der Waals surface area contributed by atoms with Gasteiger partial charge >= 0.3 is 12.2 Å². The van der Waals surface area contributed by atoms with Gasteiger partial charge in [-0.15, -0.1) is 0 Å². The Kier molecular flexibility index (Phi) is 8.26. The second kappa shape index (κ2) is 10.7. The van der Waals surface area contributed by atoms with Crippen molar-refractivity contribution in [2.75, 3.05) is 20.3 Å². The largest absolute Gasteiger partial charge is 0.416 e. The van der Waals surface area contributed by atoms with Gasteiger partial charge in [0.25, 0.3) is 0 Å². The molecule has 2 aromatic rings. The van der Waals surface area contributed by atoms with Gasteiger partial charge in [-0.2, -0.15) is 13.2 Å². The zero-order valence-electron chi connectivity index (χ0n) is 16.0. The van der Waals surface area contributed by atoms with Gasteiger partial charge < -0.3 is 19.9 Å². The summed E-state index contributed by atoms with van der Waals surface area (Å²) in [4.78, 5) is 23.7. The zero-order chi connectivity index (χ0) is 21.3. The van der Waals surface area contributed by atoms with Crippen molar-refractivity contribution in [3.63, 3.8) is 0 Å². The Bertz CT molecular complexity index is 852. The Balaban J connectivity index is 1.83. The van der Waals surface area contributed by atoms with Gasteiger partial charge in [0.1, 0.15) is 0 Å². The molecule has 0 aliphatic heterocycles. The standard InChI is InChI=1S/C20H24F3N3O3/c1-29-14-17(15-7-6-8-16(13-15)20(21,22)23)25-19(28)24-10-3-5-12-26-11-4-2-9-18(26)27/h2,4,6-9,11,13,17H,3,5,10,12,14H2,1H3,(H2,24,25,28). The number of hydrogen-bond acceptors (Lipinski definition) is 3. The molecule has 0 aliphatic carbocycles. The van der Waals surface area contributed by atoms with Crippen LogP contribution in [0.3, 0.4) is 0 Å². The predicted molar refractivity (Wildman–Crippen MR) is 103 cm³/mol. The quantitative estimate of drug-likeness (QED) is 0.622. The number of amides is 2. The lowest BCUT2D eigenvalue weighted by Gasteiger charge is -2.20. The van der Waals surface area contributed by atoms with Crippen LogP contribution < -0.4 is 16.2 Å². The van der Waals surface area contributed by atoms with Crippen molar-refractivity contribution in [1.82, 2.24) is 15.2 Å². The summed E-state index contributed by atoms with van der Waals surface area (Å²) in [5.74, 6) is 0. The molecule has 2 N–H and O–H groups in total. The number of aromatic nitrogens is 1. The average molecular weight is 411 g/mol. The van der Waals surface area contributed by atoms with Crippen LogP contribution in [-0.4, -0.2) is 30.9 Å². The van der Waals surface area contributed by atoms with Crippen molar-refractivity contribution in [2.24, 2.45) is 0 Å². The molecule has 1 unspecified atom stereocenters. The lowest BCUT2D eigenvalue weighted by molar-refractivity contribution is -0.137. The predicted octanol–water partition coefficient (Wildman–Crippen LogP) is 3.33. The number of hydrogen-bond donors (Lipinski definition) is 2. The van der Waals surface area contributed by atoms with E-state index in [-0.39, 0.29) is 12.2 Å². The van der Waals surface area contributed by atoms with Crippen LogP contribution in [0.1, 0.15) is 30.0 Å². The number of unbranched alkanes of at least 4 members (excludes halogenated alkanes) is 1. The number of benzene rings is 1. The van der Waals surface area contributed by atoms with Gasteiger partial charge in [0, 0.05) is 32.5 Å². The number of nitrogens with zero attached hydrogens (tertiary/aromatic N) is 1.